The van der Waals surface area contributed by atoms with Gasteiger partial charge in [-0.1, -0.05) is 0 Å². The number of aliphatic hydroxyl groups excluding tert-OH is 7. The third kappa shape index (κ3) is 5.06. The quantitative estimate of drug-likeness (QED) is 0.149. The first kappa shape index (κ1) is 27.8. The van der Waals surface area contributed by atoms with Crippen LogP contribution in [-0.4, -0.2) is 134 Å². The molecule has 8 N–H and O–H groups in total. The first-order valence-corrected chi connectivity index (χ1v) is 11.8. The largest absolute Gasteiger partial charge is 0.472 e. The van der Waals surface area contributed by atoms with Crippen LogP contribution in [0.15, 0.2) is 11.8 Å². The van der Waals surface area contributed by atoms with Gasteiger partial charge in [0.1, 0.15) is 55.1 Å². The summed E-state index contributed by atoms with van der Waals surface area (Å²) >= 11 is 0. The van der Waals surface area contributed by atoms with Crippen molar-refractivity contribution in [3.63, 3.8) is 0 Å². The predicted octanol–water partition coefficient (Wildman–Crippen LogP) is -4.16. The summed E-state index contributed by atoms with van der Waals surface area (Å²) in [6.07, 6.45) is -14.4. The lowest BCUT2D eigenvalue weighted by Crippen LogP contribution is -2.64. The van der Waals surface area contributed by atoms with Gasteiger partial charge in [-0.3, -0.25) is 4.79 Å². The summed E-state index contributed by atoms with van der Waals surface area (Å²) in [5.74, 6) is -0.878. The van der Waals surface area contributed by atoms with Gasteiger partial charge in [0.05, 0.1) is 31.0 Å². The number of carbonyl (C=O) groups is 1. The average Bonchev–Trinajstić information content (AvgIpc) is 3.18. The molecule has 1 aliphatic carbocycles. The molecule has 4 aliphatic rings. The van der Waals surface area contributed by atoms with Crippen LogP contribution >= 0.6 is 0 Å². The maximum atomic E-state index is 11.4. The summed E-state index contributed by atoms with van der Waals surface area (Å²) < 4.78 is 27.3. The number of hydrogen-bond acceptors (Lipinski definition) is 14. The van der Waals surface area contributed by atoms with Crippen molar-refractivity contribution in [3.05, 3.63) is 11.8 Å². The van der Waals surface area contributed by atoms with Gasteiger partial charge in [-0.05, 0) is 19.8 Å². The van der Waals surface area contributed by atoms with E-state index in [1.807, 2.05) is 0 Å². The van der Waals surface area contributed by atoms with Crippen LogP contribution in [0.4, 0.5) is 0 Å². The summed E-state index contributed by atoms with van der Waals surface area (Å²) in [7, 11) is 0. The maximum absolute atomic E-state index is 11.4. The Morgan fingerprint density at radius 2 is 1.69 bits per heavy atom. The molecular formula is C22H34O14. The fourth-order valence-corrected chi connectivity index (χ4v) is 5.39. The summed E-state index contributed by atoms with van der Waals surface area (Å²) in [5.41, 5.74) is -0.790. The van der Waals surface area contributed by atoms with Gasteiger partial charge in [0.25, 0.3) is 0 Å². The number of aldehydes is 1. The van der Waals surface area contributed by atoms with Gasteiger partial charge >= 0.3 is 0 Å². The normalized spacial score (nSPS) is 51.2. The van der Waals surface area contributed by atoms with Gasteiger partial charge in [0, 0.05) is 11.5 Å². The van der Waals surface area contributed by atoms with E-state index in [1.54, 1.807) is 6.92 Å². The second-order valence-corrected chi connectivity index (χ2v) is 9.95. The van der Waals surface area contributed by atoms with Crippen LogP contribution in [0.3, 0.4) is 0 Å². The molecule has 0 unspecified atom stereocenters. The molecule has 36 heavy (non-hydrogen) atoms. The van der Waals surface area contributed by atoms with Crippen molar-refractivity contribution in [2.45, 2.75) is 93.1 Å². The van der Waals surface area contributed by atoms with Crippen molar-refractivity contribution < 1.29 is 69.3 Å². The second-order valence-electron chi connectivity index (χ2n) is 9.95. The lowest BCUT2D eigenvalue weighted by molar-refractivity contribution is -0.364. The number of carbonyl (C=O) groups excluding carboxylic acids is 1. The molecule has 3 aliphatic heterocycles. The van der Waals surface area contributed by atoms with E-state index in [2.05, 4.69) is 0 Å². The molecule has 0 aromatic carbocycles. The summed E-state index contributed by atoms with van der Waals surface area (Å²) in [6.45, 7) is 0.538. The molecular weight excluding hydrogens is 488 g/mol. The van der Waals surface area contributed by atoms with Crippen molar-refractivity contribution in [1.29, 1.82) is 0 Å². The highest BCUT2D eigenvalue weighted by Gasteiger charge is 2.54. The van der Waals surface area contributed by atoms with Gasteiger partial charge < -0.3 is 64.5 Å². The summed E-state index contributed by atoms with van der Waals surface area (Å²) in [5, 5.41) is 81.6. The van der Waals surface area contributed by atoms with Crippen LogP contribution in [0.5, 0.6) is 0 Å². The Balaban J connectivity index is 1.43. The van der Waals surface area contributed by atoms with Crippen LogP contribution < -0.4 is 0 Å². The smallest absolute Gasteiger partial charge is 0.205 e. The van der Waals surface area contributed by atoms with Crippen molar-refractivity contribution in [3.8, 4) is 0 Å². The van der Waals surface area contributed by atoms with Gasteiger partial charge in [-0.25, -0.2) is 0 Å². The summed E-state index contributed by atoms with van der Waals surface area (Å²) in [4.78, 5) is 11.4. The van der Waals surface area contributed by atoms with E-state index in [1.165, 1.54) is 6.26 Å². The Morgan fingerprint density at radius 3 is 2.36 bits per heavy atom. The standard InChI is InChI=1S/C22H34O14/c1-22(31)3-2-9-8(4-23)6-32-20(12(9)22)33-7-11-14(26)15(27)17(29)21(35-11)36-18-16(28)13(25)10(5-24)34-19(18)30/h4,6,9-21,24-31H,2-3,5,7H2,1H3/t9-,10-,11-,12-,13-,14-,15+,16+,17-,18-,19-,20+,21+,22+/m1/s1. The van der Waals surface area contributed by atoms with E-state index >= 15 is 0 Å². The molecule has 2 saturated heterocycles. The molecule has 3 heterocycles. The molecule has 4 rings (SSSR count). The number of ether oxygens (including phenoxy) is 5. The Kier molecular flexibility index (Phi) is 8.36. The molecule has 0 amide bonds. The molecule has 0 spiro atoms. The van der Waals surface area contributed by atoms with E-state index in [-0.39, 0.29) is 12.5 Å². The number of hydrogen-bond donors (Lipinski definition) is 8. The van der Waals surface area contributed by atoms with Crippen LogP contribution in [0.1, 0.15) is 19.8 Å². The minimum atomic E-state index is -1.81. The zero-order chi connectivity index (χ0) is 26.4. The van der Waals surface area contributed by atoms with Crippen LogP contribution in [-0.2, 0) is 28.5 Å². The molecule has 0 radical (unpaired) electrons. The zero-order valence-corrected chi connectivity index (χ0v) is 19.5. The molecule has 14 nitrogen and oxygen atoms in total. The molecule has 206 valence electrons. The van der Waals surface area contributed by atoms with Gasteiger partial charge in [-0.15, -0.1) is 0 Å². The number of allylic oxidation sites excluding steroid dienone is 1. The fourth-order valence-electron chi connectivity index (χ4n) is 5.39. The van der Waals surface area contributed by atoms with Crippen LogP contribution in [0.2, 0.25) is 0 Å². The first-order chi connectivity index (χ1) is 17.0. The first-order valence-electron chi connectivity index (χ1n) is 11.8. The SMILES string of the molecule is C[C@]1(O)CC[C@@H]2C(C=O)=CO[C@@H](OC[C@H]3O[C@@H](O[C@@H]4[C@@H](O)[C@H](O)[C@@H](CO)O[C@H]4O)[C@H](O)[C@@H](O)[C@@H]3O)[C@@H]21. The Morgan fingerprint density at radius 1 is 1.00 bits per heavy atom. The molecule has 0 aromatic heterocycles. The van der Waals surface area contributed by atoms with Crippen molar-refractivity contribution in [2.75, 3.05) is 13.2 Å². The molecule has 14 atom stereocenters. The van der Waals surface area contributed by atoms with E-state index in [0.717, 1.165) is 0 Å². The zero-order valence-electron chi connectivity index (χ0n) is 19.5. The van der Waals surface area contributed by atoms with E-state index in [0.29, 0.717) is 24.7 Å². The molecule has 0 aromatic rings. The van der Waals surface area contributed by atoms with Gasteiger partial charge in [0.2, 0.25) is 6.29 Å². The second kappa shape index (κ2) is 10.8. The Labute approximate surface area is 206 Å². The van der Waals surface area contributed by atoms with Crippen molar-refractivity contribution >= 4 is 6.29 Å². The molecule has 3 fully saturated rings. The number of aliphatic hydroxyl groups is 8. The highest BCUT2D eigenvalue weighted by atomic mass is 16.7. The average molecular weight is 523 g/mol. The molecule has 14 heteroatoms. The van der Waals surface area contributed by atoms with E-state index in [4.69, 9.17) is 23.7 Å². The van der Waals surface area contributed by atoms with Crippen LogP contribution in [0.25, 0.3) is 0 Å². The monoisotopic (exact) mass is 522 g/mol. The van der Waals surface area contributed by atoms with Crippen molar-refractivity contribution in [1.82, 2.24) is 0 Å². The van der Waals surface area contributed by atoms with Crippen LogP contribution in [0, 0.1) is 11.8 Å². The highest BCUT2D eigenvalue weighted by molar-refractivity contribution is 5.74. The Hall–Kier alpha value is -1.27. The fraction of sp³-hybridized carbons (Fsp3) is 0.864. The van der Waals surface area contributed by atoms with E-state index in [9.17, 15) is 45.6 Å². The Bertz CT molecular complexity index is 806. The van der Waals surface area contributed by atoms with Gasteiger partial charge in [-0.2, -0.15) is 0 Å². The topological polar surface area (TPSA) is 225 Å². The van der Waals surface area contributed by atoms with Crippen molar-refractivity contribution in [2.24, 2.45) is 11.8 Å². The van der Waals surface area contributed by atoms with E-state index < -0.39 is 85.8 Å². The predicted molar refractivity (Wildman–Crippen MR) is 113 cm³/mol. The number of rotatable bonds is 7. The minimum absolute atomic E-state index is 0.291. The third-order valence-corrected chi connectivity index (χ3v) is 7.54. The molecule has 1 saturated carbocycles. The lowest BCUT2D eigenvalue weighted by Gasteiger charge is -2.45. The minimum Gasteiger partial charge on any atom is -0.472 e. The molecule has 0 bridgehead atoms. The highest BCUT2D eigenvalue weighted by Crippen LogP contribution is 2.48. The third-order valence-electron chi connectivity index (χ3n) is 7.54. The van der Waals surface area contributed by atoms with Gasteiger partial charge in [0.15, 0.2) is 12.6 Å². The maximum Gasteiger partial charge on any atom is 0.205 e. The summed E-state index contributed by atoms with van der Waals surface area (Å²) in [6, 6.07) is 0. The number of fused-ring (bicyclic) bond motifs is 1. The lowest BCUT2D eigenvalue weighted by atomic mass is 9.82.